The summed E-state index contributed by atoms with van der Waals surface area (Å²) in [4.78, 5) is 25.1. The molecule has 1 aliphatic rings. The van der Waals surface area contributed by atoms with Gasteiger partial charge in [-0.3, -0.25) is 9.59 Å². The van der Waals surface area contributed by atoms with Crippen molar-refractivity contribution >= 4 is 11.7 Å². The number of Topliss-reactive ketones (excluding diaryl/α,β-unsaturated/α-hetero) is 1. The molecular weight excluding hydrogens is 324 g/mol. The summed E-state index contributed by atoms with van der Waals surface area (Å²) in [6.45, 7) is 7.27. The lowest BCUT2D eigenvalue weighted by Gasteiger charge is -2.41. The molecule has 1 amide bonds. The molecule has 1 unspecified atom stereocenters. The van der Waals surface area contributed by atoms with Crippen molar-refractivity contribution in [3.8, 4) is 11.1 Å². The van der Waals surface area contributed by atoms with Crippen LogP contribution < -0.4 is 11.1 Å². The smallest absolute Gasteiger partial charge is 0.234 e. The molecule has 4 nitrogen and oxygen atoms in total. The lowest BCUT2D eigenvalue weighted by molar-refractivity contribution is -0.126. The average molecular weight is 350 g/mol. The molecule has 2 aromatic carbocycles. The molecule has 0 saturated carbocycles. The molecule has 3 rings (SSSR count). The number of ketones is 1. The number of nitrogens with two attached hydrogens (primary N) is 1. The lowest BCUT2D eigenvalue weighted by Crippen LogP contribution is -2.62. The summed E-state index contributed by atoms with van der Waals surface area (Å²) in [6, 6.07) is 15.5. The predicted molar refractivity (Wildman–Crippen MR) is 104 cm³/mol. The van der Waals surface area contributed by atoms with E-state index in [2.05, 4.69) is 5.32 Å². The van der Waals surface area contributed by atoms with Crippen molar-refractivity contribution in [2.75, 3.05) is 0 Å². The van der Waals surface area contributed by atoms with Gasteiger partial charge >= 0.3 is 0 Å². The minimum Gasteiger partial charge on any atom is -0.369 e. The number of carbonyl (C=O) groups is 2. The highest BCUT2D eigenvalue weighted by Crippen LogP contribution is 2.51. The van der Waals surface area contributed by atoms with Gasteiger partial charge in [-0.25, -0.2) is 0 Å². The Balaban J connectivity index is 2.29. The Kier molecular flexibility index (Phi) is 4.49. The van der Waals surface area contributed by atoms with E-state index in [1.54, 1.807) is 6.92 Å². The third kappa shape index (κ3) is 2.48. The summed E-state index contributed by atoms with van der Waals surface area (Å²) in [6.07, 6.45) is 0.655. The highest BCUT2D eigenvalue weighted by atomic mass is 16.1. The van der Waals surface area contributed by atoms with Crippen LogP contribution in [0.5, 0.6) is 0 Å². The third-order valence-electron chi connectivity index (χ3n) is 5.73. The van der Waals surface area contributed by atoms with Gasteiger partial charge in [0.1, 0.15) is 11.2 Å². The van der Waals surface area contributed by atoms with Gasteiger partial charge < -0.3 is 11.1 Å². The van der Waals surface area contributed by atoms with Crippen LogP contribution in [0.3, 0.4) is 0 Å². The van der Waals surface area contributed by atoms with Crippen LogP contribution in [0, 0.1) is 0 Å². The molecule has 26 heavy (non-hydrogen) atoms. The quantitative estimate of drug-likeness (QED) is 0.840. The first kappa shape index (κ1) is 18.3. The Morgan fingerprint density at radius 2 is 1.50 bits per heavy atom. The van der Waals surface area contributed by atoms with Crippen LogP contribution in [0.2, 0.25) is 0 Å². The first-order valence-electron chi connectivity index (χ1n) is 9.04. The van der Waals surface area contributed by atoms with Crippen molar-refractivity contribution in [3.63, 3.8) is 0 Å². The minimum absolute atomic E-state index is 0.0233. The molecule has 0 aliphatic heterocycles. The lowest BCUT2D eigenvalue weighted by atomic mass is 9.69. The third-order valence-corrected chi connectivity index (χ3v) is 5.73. The van der Waals surface area contributed by atoms with Crippen LogP contribution >= 0.6 is 0 Å². The van der Waals surface area contributed by atoms with Gasteiger partial charge in [0.25, 0.3) is 0 Å². The van der Waals surface area contributed by atoms with Crippen LogP contribution in [0.15, 0.2) is 48.5 Å². The molecule has 0 fully saturated rings. The molecule has 136 valence electrons. The largest absolute Gasteiger partial charge is 0.369 e. The highest BCUT2D eigenvalue weighted by molar-refractivity contribution is 6.01. The Bertz CT molecular complexity index is 824. The zero-order valence-electron chi connectivity index (χ0n) is 15.8. The van der Waals surface area contributed by atoms with Gasteiger partial charge in [0, 0.05) is 6.04 Å². The van der Waals surface area contributed by atoms with Gasteiger partial charge in [0.05, 0.1) is 5.54 Å². The Labute approximate surface area is 154 Å². The number of amides is 1. The Hall–Kier alpha value is -2.46. The predicted octanol–water partition coefficient (Wildman–Crippen LogP) is 3.17. The van der Waals surface area contributed by atoms with Crippen molar-refractivity contribution in [2.24, 2.45) is 5.73 Å². The summed E-state index contributed by atoms with van der Waals surface area (Å²) < 4.78 is 0. The molecule has 0 spiro atoms. The zero-order valence-corrected chi connectivity index (χ0v) is 15.8. The summed E-state index contributed by atoms with van der Waals surface area (Å²) in [7, 11) is 0. The molecule has 0 aromatic heterocycles. The Morgan fingerprint density at radius 3 is 1.88 bits per heavy atom. The summed E-state index contributed by atoms with van der Waals surface area (Å²) >= 11 is 0. The van der Waals surface area contributed by atoms with Gasteiger partial charge in [0.2, 0.25) is 5.91 Å². The normalized spacial score (nSPS) is 15.8. The van der Waals surface area contributed by atoms with E-state index in [9.17, 15) is 9.59 Å². The highest BCUT2D eigenvalue weighted by Gasteiger charge is 2.53. The Morgan fingerprint density at radius 1 is 1.04 bits per heavy atom. The zero-order chi connectivity index (χ0) is 19.1. The number of hydrogen-bond donors (Lipinski definition) is 2. The summed E-state index contributed by atoms with van der Waals surface area (Å²) in [5.74, 6) is -0.372. The van der Waals surface area contributed by atoms with E-state index in [1.807, 2.05) is 69.3 Å². The average Bonchev–Trinajstić information content (AvgIpc) is 2.91. The molecule has 0 bridgehead atoms. The SMILES string of the molecule is CCC(NC(C)(C)C(C)=O)C1(C(N)=O)c2ccccc2-c2ccccc21. The fraction of sp³-hybridized carbons (Fsp3) is 0.364. The minimum atomic E-state index is -1.01. The maximum atomic E-state index is 13.0. The van der Waals surface area contributed by atoms with Crippen LogP contribution in [0.25, 0.3) is 11.1 Å². The number of hydrogen-bond acceptors (Lipinski definition) is 3. The number of fused-ring (bicyclic) bond motifs is 3. The first-order valence-corrected chi connectivity index (χ1v) is 9.04. The second-order valence-electron chi connectivity index (χ2n) is 7.55. The van der Waals surface area contributed by atoms with Crippen molar-refractivity contribution in [1.29, 1.82) is 0 Å². The molecule has 0 saturated heterocycles. The van der Waals surface area contributed by atoms with E-state index < -0.39 is 16.9 Å². The second-order valence-corrected chi connectivity index (χ2v) is 7.55. The van der Waals surface area contributed by atoms with Crippen molar-refractivity contribution in [3.05, 3.63) is 59.7 Å². The van der Waals surface area contributed by atoms with E-state index in [4.69, 9.17) is 5.73 Å². The molecule has 4 heteroatoms. The van der Waals surface area contributed by atoms with Crippen LogP contribution in [-0.4, -0.2) is 23.3 Å². The van der Waals surface area contributed by atoms with Crippen LogP contribution in [-0.2, 0) is 15.0 Å². The molecule has 1 aliphatic carbocycles. The molecule has 0 heterocycles. The number of nitrogens with one attached hydrogen (secondary N) is 1. The number of rotatable bonds is 6. The van der Waals surface area contributed by atoms with E-state index in [0.717, 1.165) is 22.3 Å². The molecular formula is C22H26N2O2. The first-order chi connectivity index (χ1) is 12.3. The monoisotopic (exact) mass is 350 g/mol. The maximum Gasteiger partial charge on any atom is 0.234 e. The van der Waals surface area contributed by atoms with Gasteiger partial charge in [-0.1, -0.05) is 55.5 Å². The second kappa shape index (κ2) is 6.36. The van der Waals surface area contributed by atoms with Crippen LogP contribution in [0.4, 0.5) is 0 Å². The van der Waals surface area contributed by atoms with Crippen molar-refractivity contribution < 1.29 is 9.59 Å². The standard InChI is InChI=1S/C22H26N2O2/c1-5-19(24-21(3,4)14(2)25)22(20(23)26)17-12-8-6-10-15(17)16-11-7-9-13-18(16)22/h6-13,19,24H,5H2,1-4H3,(H2,23,26). The van der Waals surface area contributed by atoms with Crippen molar-refractivity contribution in [1.82, 2.24) is 5.32 Å². The van der Waals surface area contributed by atoms with Crippen LogP contribution in [0.1, 0.15) is 45.2 Å². The van der Waals surface area contributed by atoms with E-state index >= 15 is 0 Å². The van der Waals surface area contributed by atoms with E-state index in [0.29, 0.717) is 6.42 Å². The van der Waals surface area contributed by atoms with E-state index in [-0.39, 0.29) is 11.8 Å². The van der Waals surface area contributed by atoms with E-state index in [1.165, 1.54) is 0 Å². The van der Waals surface area contributed by atoms with Gasteiger partial charge in [-0.05, 0) is 49.4 Å². The number of benzene rings is 2. The molecule has 3 N–H and O–H groups in total. The van der Waals surface area contributed by atoms with Gasteiger partial charge in [-0.15, -0.1) is 0 Å². The van der Waals surface area contributed by atoms with Gasteiger partial charge in [-0.2, -0.15) is 0 Å². The van der Waals surface area contributed by atoms with Gasteiger partial charge in [0.15, 0.2) is 0 Å². The topological polar surface area (TPSA) is 72.2 Å². The number of carbonyl (C=O) groups excluding carboxylic acids is 2. The number of primary amides is 1. The fourth-order valence-electron chi connectivity index (χ4n) is 4.14. The summed E-state index contributed by atoms with van der Waals surface area (Å²) in [5, 5.41) is 3.44. The maximum absolute atomic E-state index is 13.0. The summed E-state index contributed by atoms with van der Waals surface area (Å²) in [5.41, 5.74) is 8.19. The molecule has 2 aromatic rings. The molecule has 1 atom stereocenters. The molecule has 0 radical (unpaired) electrons. The van der Waals surface area contributed by atoms with Crippen molar-refractivity contribution in [2.45, 2.75) is 51.1 Å². The fourth-order valence-corrected chi connectivity index (χ4v) is 4.14.